The highest BCUT2D eigenvalue weighted by atomic mass is 127. The van der Waals surface area contributed by atoms with E-state index >= 15 is 0 Å². The second kappa shape index (κ2) is 5.64. The lowest BCUT2D eigenvalue weighted by Gasteiger charge is -2.64. The second-order valence-electron chi connectivity index (χ2n) is 10.1. The zero-order valence-electron chi connectivity index (χ0n) is 16.4. The Morgan fingerprint density at radius 3 is 2.79 bits per heavy atom. The van der Waals surface area contributed by atoms with Crippen molar-refractivity contribution in [3.8, 4) is 11.5 Å². The Kier molecular flexibility index (Phi) is 3.85. The van der Waals surface area contributed by atoms with E-state index in [0.717, 1.165) is 53.4 Å². The van der Waals surface area contributed by atoms with Crippen LogP contribution in [-0.2, 0) is 16.6 Å². The maximum atomic E-state index is 12.8. The normalized spacial score (nSPS) is 47.0. The summed E-state index contributed by atoms with van der Waals surface area (Å²) in [7, 11) is 2.31. The Morgan fingerprint density at radius 2 is 2.07 bits per heavy atom. The summed E-state index contributed by atoms with van der Waals surface area (Å²) in [6, 6.07) is 3.77. The number of rotatable bonds is 2. The fourth-order valence-corrected chi connectivity index (χ4v) is 7.24. The van der Waals surface area contributed by atoms with E-state index in [1.165, 1.54) is 6.42 Å². The minimum Gasteiger partial charge on any atom is -1.00 e. The molecule has 2 N–H and O–H groups in total. The number of nitrogens with zero attached hydrogens (tertiary/aromatic N) is 1. The van der Waals surface area contributed by atoms with Crippen molar-refractivity contribution in [3.63, 3.8) is 0 Å². The highest BCUT2D eigenvalue weighted by Crippen LogP contribution is 2.66. The number of ether oxygens (including phenoxy) is 1. The molecule has 3 aliphatic carbocycles. The van der Waals surface area contributed by atoms with E-state index in [2.05, 4.69) is 14.0 Å². The first-order chi connectivity index (χ1) is 12.8. The number of aliphatic hydroxyl groups is 1. The summed E-state index contributed by atoms with van der Waals surface area (Å²) in [5.74, 6) is 2.18. The molecule has 1 spiro atoms. The number of quaternary nitrogens is 1. The minimum absolute atomic E-state index is 0. The number of carbonyl (C=O) groups is 1. The molecule has 7 atom stereocenters. The highest BCUT2D eigenvalue weighted by Gasteiger charge is 2.76. The van der Waals surface area contributed by atoms with Gasteiger partial charge in [-0.25, -0.2) is 0 Å². The van der Waals surface area contributed by atoms with Crippen LogP contribution in [0, 0.1) is 11.8 Å². The molecule has 0 radical (unpaired) electrons. The number of Topliss-reactive ketones (excluding diaryl/α,β-unsaturated/α-hetero) is 1. The van der Waals surface area contributed by atoms with E-state index in [1.54, 1.807) is 6.07 Å². The number of hydrogen-bond acceptors (Lipinski definition) is 4. The largest absolute Gasteiger partial charge is 1.00 e. The van der Waals surface area contributed by atoms with E-state index in [0.29, 0.717) is 18.6 Å². The van der Waals surface area contributed by atoms with Gasteiger partial charge in [0.25, 0.3) is 0 Å². The summed E-state index contributed by atoms with van der Waals surface area (Å²) < 4.78 is 6.99. The number of ketones is 1. The molecule has 2 aliphatic heterocycles. The molecule has 6 rings (SSSR count). The van der Waals surface area contributed by atoms with Crippen molar-refractivity contribution in [2.75, 3.05) is 20.1 Å². The second-order valence-corrected chi connectivity index (χ2v) is 10.1. The van der Waals surface area contributed by atoms with Crippen molar-refractivity contribution in [1.82, 2.24) is 0 Å². The van der Waals surface area contributed by atoms with Gasteiger partial charge in [-0.2, -0.15) is 0 Å². The lowest BCUT2D eigenvalue weighted by Crippen LogP contribution is -3.00. The number of hydrogen-bond donors (Lipinski definition) is 2. The summed E-state index contributed by atoms with van der Waals surface area (Å²) in [6.07, 6.45) is 3.07. The average Bonchev–Trinajstić information content (AvgIpc) is 3.16. The number of phenolic OH excluding ortho intramolecular Hbond substituents is 1. The first kappa shape index (κ1) is 19.1. The molecule has 0 amide bonds. The van der Waals surface area contributed by atoms with E-state index in [9.17, 15) is 15.0 Å². The number of halogens is 1. The molecule has 2 bridgehead atoms. The fourth-order valence-electron chi connectivity index (χ4n) is 7.24. The molecule has 2 saturated carbocycles. The quantitative estimate of drug-likeness (QED) is 0.403. The van der Waals surface area contributed by atoms with Crippen LogP contribution in [0.1, 0.15) is 43.7 Å². The van der Waals surface area contributed by atoms with Gasteiger partial charge in [0, 0.05) is 30.7 Å². The molecule has 1 saturated heterocycles. The van der Waals surface area contributed by atoms with Gasteiger partial charge in [0.1, 0.15) is 11.6 Å². The molecule has 3 fully saturated rings. The predicted molar refractivity (Wildman–Crippen MR) is 98.7 cm³/mol. The predicted octanol–water partition coefficient (Wildman–Crippen LogP) is -1.08. The molecular formula is C22H28INO4. The number of piperidine rings is 1. The van der Waals surface area contributed by atoms with Gasteiger partial charge in [-0.15, -0.1) is 0 Å². The van der Waals surface area contributed by atoms with Crippen molar-refractivity contribution in [3.05, 3.63) is 23.3 Å². The van der Waals surface area contributed by atoms with Crippen LogP contribution in [0.15, 0.2) is 12.1 Å². The molecule has 2 heterocycles. The first-order valence-corrected chi connectivity index (χ1v) is 10.4. The minimum atomic E-state index is -0.942. The number of phenols is 1. The van der Waals surface area contributed by atoms with Gasteiger partial charge in [0.2, 0.25) is 0 Å². The summed E-state index contributed by atoms with van der Waals surface area (Å²) in [5.41, 5.74) is 0.470. The van der Waals surface area contributed by atoms with E-state index in [-0.39, 0.29) is 41.6 Å². The maximum Gasteiger partial charge on any atom is 0.174 e. The van der Waals surface area contributed by atoms with E-state index in [4.69, 9.17) is 4.74 Å². The Bertz CT molecular complexity index is 890. The molecule has 0 aromatic heterocycles. The summed E-state index contributed by atoms with van der Waals surface area (Å²) in [4.78, 5) is 12.8. The number of likely N-dealkylation sites (N-methyl/N-ethyl adjacent to an activating group) is 1. The van der Waals surface area contributed by atoms with Gasteiger partial charge < -0.3 is 43.4 Å². The molecule has 28 heavy (non-hydrogen) atoms. The van der Waals surface area contributed by atoms with Gasteiger partial charge in [-0.1, -0.05) is 13.0 Å². The van der Waals surface area contributed by atoms with Crippen LogP contribution in [0.2, 0.25) is 0 Å². The van der Waals surface area contributed by atoms with E-state index < -0.39 is 17.1 Å². The lowest BCUT2D eigenvalue weighted by atomic mass is 9.48. The van der Waals surface area contributed by atoms with Gasteiger partial charge in [0.05, 0.1) is 25.6 Å². The van der Waals surface area contributed by atoms with Crippen molar-refractivity contribution < 1.29 is 48.2 Å². The van der Waals surface area contributed by atoms with Crippen molar-refractivity contribution in [1.29, 1.82) is 0 Å². The van der Waals surface area contributed by atoms with Crippen molar-refractivity contribution in [2.24, 2.45) is 11.8 Å². The number of carbonyl (C=O) groups excluding carboxylic acids is 1. The third kappa shape index (κ3) is 2.02. The highest BCUT2D eigenvalue weighted by molar-refractivity contribution is 5.90. The third-order valence-corrected chi connectivity index (χ3v) is 8.83. The van der Waals surface area contributed by atoms with Gasteiger partial charge in [0.15, 0.2) is 23.4 Å². The molecule has 1 aromatic carbocycles. The Labute approximate surface area is 182 Å². The SMILES string of the molecule is CC1CC1C[N+]1(C)CC[C@]23c4c5ccc(O)c4O[C@H]2C(=O)CC[C@@]3(O)[C@H]1C5.[I-]. The Hall–Kier alpha value is -0.860. The van der Waals surface area contributed by atoms with E-state index in [1.807, 2.05) is 6.07 Å². The summed E-state index contributed by atoms with van der Waals surface area (Å²) >= 11 is 0. The Balaban J connectivity index is 0.00000171. The molecule has 152 valence electrons. The molecular weight excluding hydrogens is 469 g/mol. The Morgan fingerprint density at radius 1 is 1.32 bits per heavy atom. The lowest BCUT2D eigenvalue weighted by molar-refractivity contribution is -0.950. The van der Waals surface area contributed by atoms with Crippen LogP contribution in [0.25, 0.3) is 0 Å². The maximum absolute atomic E-state index is 12.8. The van der Waals surface area contributed by atoms with Crippen LogP contribution >= 0.6 is 0 Å². The van der Waals surface area contributed by atoms with Crippen molar-refractivity contribution >= 4 is 5.78 Å². The summed E-state index contributed by atoms with van der Waals surface area (Å²) in [5, 5.41) is 22.6. The molecule has 5 nitrogen and oxygen atoms in total. The molecule has 5 aliphatic rings. The molecule has 1 aromatic rings. The van der Waals surface area contributed by atoms with Gasteiger partial charge >= 0.3 is 0 Å². The zero-order chi connectivity index (χ0) is 18.8. The molecule has 3 unspecified atom stereocenters. The van der Waals surface area contributed by atoms with Crippen LogP contribution < -0.4 is 28.7 Å². The van der Waals surface area contributed by atoms with Crippen LogP contribution in [0.3, 0.4) is 0 Å². The standard InChI is InChI=1S/C22H27NO4.HI/c1-12-9-14(12)11-23(2)8-7-21-18-13-3-4-15(24)19(18)27-20(21)16(25)5-6-22(21,26)17(23)10-13;/h3-4,12,14,17,20,26H,5-11H2,1-2H3;1H/t12?,14?,17-,20+,21+,22-,23?;/m1./s1. The monoisotopic (exact) mass is 497 g/mol. The summed E-state index contributed by atoms with van der Waals surface area (Å²) in [6.45, 7) is 4.39. The first-order valence-electron chi connectivity index (χ1n) is 10.4. The third-order valence-electron chi connectivity index (χ3n) is 8.83. The van der Waals surface area contributed by atoms with Crippen molar-refractivity contribution in [2.45, 2.75) is 62.2 Å². The fraction of sp³-hybridized carbons (Fsp3) is 0.682. The number of benzene rings is 1. The van der Waals surface area contributed by atoms with Crippen LogP contribution in [-0.4, -0.2) is 58.4 Å². The smallest absolute Gasteiger partial charge is 0.174 e. The zero-order valence-corrected chi connectivity index (χ0v) is 18.6. The van der Waals surface area contributed by atoms with Gasteiger partial charge in [-0.3, -0.25) is 4.79 Å². The average molecular weight is 497 g/mol. The molecule has 6 heteroatoms. The topological polar surface area (TPSA) is 66.8 Å². The van der Waals surface area contributed by atoms with Crippen LogP contribution in [0.4, 0.5) is 0 Å². The van der Waals surface area contributed by atoms with Gasteiger partial charge in [-0.05, 0) is 30.4 Å². The number of aromatic hydroxyl groups is 1. The van der Waals surface area contributed by atoms with Crippen LogP contribution in [0.5, 0.6) is 11.5 Å². The number of likely N-dealkylation sites (tertiary alicyclic amines) is 1.